The van der Waals surface area contributed by atoms with Crippen LogP contribution in [0.2, 0.25) is 0 Å². The fourth-order valence-electron chi connectivity index (χ4n) is 10.1. The molecule has 7 heterocycles. The molecule has 0 bridgehead atoms. The summed E-state index contributed by atoms with van der Waals surface area (Å²) >= 11 is 6.83. The Bertz CT molecular complexity index is 2620. The van der Waals surface area contributed by atoms with Gasteiger partial charge in [-0.1, -0.05) is 34.6 Å². The highest BCUT2D eigenvalue weighted by Crippen LogP contribution is 2.30. The van der Waals surface area contributed by atoms with E-state index in [0.717, 1.165) is 93.3 Å². The molecule has 0 amide bonds. The summed E-state index contributed by atoms with van der Waals surface area (Å²) in [7, 11) is 0. The van der Waals surface area contributed by atoms with E-state index in [0.29, 0.717) is 111 Å². The summed E-state index contributed by atoms with van der Waals surface area (Å²) < 4.78 is 144. The fourth-order valence-corrected chi connectivity index (χ4v) is 12.4. The maximum atomic E-state index is 10.6. The lowest BCUT2D eigenvalue weighted by molar-refractivity contribution is -0.212. The van der Waals surface area contributed by atoms with Gasteiger partial charge in [-0.25, -0.2) is 0 Å². The average molecular weight is 2160 g/mol. The molecule has 7 rings (SSSR count). The van der Waals surface area contributed by atoms with Crippen LogP contribution in [0.25, 0.3) is 0 Å². The molecule has 20 unspecified atom stereocenters. The Labute approximate surface area is 851 Å². The van der Waals surface area contributed by atoms with E-state index in [9.17, 15) is 61.3 Å². The number of hydrogen-bond donors (Lipinski definition) is 23. The average Bonchev–Trinajstić information content (AvgIpc) is 1.82. The van der Waals surface area contributed by atoms with Gasteiger partial charge in [-0.2, -0.15) is 0 Å². The minimum atomic E-state index is -1.47. The van der Waals surface area contributed by atoms with Crippen LogP contribution in [0, 0.1) is 27.1 Å². The topological polar surface area (TPSA) is 708 Å². The molecule has 7 fully saturated rings. The van der Waals surface area contributed by atoms with Gasteiger partial charge in [0.05, 0.1) is 300 Å². The van der Waals surface area contributed by atoms with Crippen LogP contribution in [-0.4, -0.2) is 555 Å². The smallest absolute Gasteiger partial charge is 0.178 e. The van der Waals surface area contributed by atoms with Gasteiger partial charge in [0.1, 0.15) is 69.9 Å². The Morgan fingerprint density at radius 1 is 0.234 bits per heavy atom. The van der Waals surface area contributed by atoms with Crippen molar-refractivity contribution in [2.24, 2.45) is 27.1 Å². The van der Waals surface area contributed by atoms with Gasteiger partial charge >= 0.3 is 0 Å². The number of hydrogen-bond acceptors (Lipinski definition) is 53. The molecule has 844 valence electrons. The van der Waals surface area contributed by atoms with Crippen molar-refractivity contribution in [3.05, 3.63) is 0 Å². The predicted molar refractivity (Wildman–Crippen MR) is 513 cm³/mol. The summed E-state index contributed by atoms with van der Waals surface area (Å²) in [5, 5.41) is 206. The Balaban J connectivity index is 0.000000709. The third-order valence-electron chi connectivity index (χ3n) is 20.3. The van der Waals surface area contributed by atoms with Crippen LogP contribution in [0.4, 0.5) is 0 Å². The molecular weight excluding hydrogens is 1990 g/mol. The van der Waals surface area contributed by atoms with Gasteiger partial charge in [0.25, 0.3) is 0 Å². The quantitative estimate of drug-likeness (QED) is 0.0154. The predicted octanol–water partition coefficient (Wildman–Crippen LogP) is -4.90. The maximum Gasteiger partial charge on any atom is 0.178 e. The third-order valence-corrected chi connectivity index (χ3v) is 24.5. The third kappa shape index (κ3) is 78.6. The lowest BCUT2D eigenvalue weighted by Crippen LogP contribution is -2.40. The van der Waals surface area contributed by atoms with E-state index < -0.39 is 162 Å². The van der Waals surface area contributed by atoms with E-state index in [1.807, 2.05) is 27.7 Å². The van der Waals surface area contributed by atoms with Crippen molar-refractivity contribution >= 4 is 59.7 Å². The summed E-state index contributed by atoms with van der Waals surface area (Å²) in [4.78, 5) is 0. The first-order valence-corrected chi connectivity index (χ1v) is 51.8. The summed E-state index contributed by atoms with van der Waals surface area (Å²) in [6, 6.07) is 0. The van der Waals surface area contributed by atoms with Crippen molar-refractivity contribution in [2.75, 3.05) is 274 Å². The summed E-state index contributed by atoms with van der Waals surface area (Å²) in [6.07, 6.45) is -13.5. The first-order valence-electron chi connectivity index (χ1n) is 47.1. The van der Waals surface area contributed by atoms with Crippen LogP contribution in [0.5, 0.6) is 0 Å². The van der Waals surface area contributed by atoms with Crippen molar-refractivity contribution < 1.29 is 236 Å². The maximum absolute atomic E-state index is 10.6. The van der Waals surface area contributed by atoms with Crippen LogP contribution in [0.1, 0.15) is 90.0 Å². The summed E-state index contributed by atoms with van der Waals surface area (Å²) in [5.41, 5.74) is -8.55. The largest absolute Gasteiger partial charge is 0.393 e. The molecule has 7 aliphatic heterocycles. The Hall–Kier alpha value is -0.170. The van der Waals surface area contributed by atoms with E-state index in [4.69, 9.17) is 174 Å². The van der Waals surface area contributed by atoms with Gasteiger partial charge in [0.15, 0.2) is 50.3 Å². The number of thiol groups is 1. The zero-order valence-electron chi connectivity index (χ0n) is 83.9. The molecule has 53 heteroatoms. The van der Waals surface area contributed by atoms with Crippen molar-refractivity contribution in [3.63, 3.8) is 0 Å². The highest BCUT2D eigenvalue weighted by Gasteiger charge is 2.39. The molecule has 0 aromatic heterocycles. The molecule has 28 atom stereocenters. The molecule has 141 heavy (non-hydrogen) atoms. The first-order chi connectivity index (χ1) is 66.6. The van der Waals surface area contributed by atoms with Gasteiger partial charge in [-0.15, -0.1) is 59.7 Å². The highest BCUT2D eigenvalue weighted by atomic mass is 32.2. The second kappa shape index (κ2) is 78.0. The van der Waals surface area contributed by atoms with Gasteiger partial charge in [0, 0.05) is 50.1 Å². The minimum absolute atomic E-state index is 0.0479. The zero-order valence-corrected chi connectivity index (χ0v) is 88.1. The van der Waals surface area contributed by atoms with Crippen molar-refractivity contribution in [3.8, 4) is 0 Å². The van der Waals surface area contributed by atoms with E-state index in [1.54, 1.807) is 55.4 Å². The van der Waals surface area contributed by atoms with E-state index in [-0.39, 0.29) is 151 Å². The van der Waals surface area contributed by atoms with Crippen LogP contribution >= 0.6 is 59.7 Å². The Kier molecular flexibility index (Phi) is 75.8. The normalized spacial score (nSPS) is 24.9. The van der Waals surface area contributed by atoms with Crippen LogP contribution in [-0.2, 0) is 123 Å². The lowest BCUT2D eigenvalue weighted by Gasteiger charge is -2.32. The summed E-state index contributed by atoms with van der Waals surface area (Å²) in [6.45, 7) is 31.5. The number of rotatable bonds is 85. The van der Waals surface area contributed by atoms with E-state index >= 15 is 0 Å². The number of thioether (sulfide) groups is 4. The molecule has 0 aromatic carbocycles. The monoisotopic (exact) mass is 2160 g/mol. The molecule has 7 aliphatic rings. The minimum Gasteiger partial charge on any atom is -0.393 e. The second-order valence-corrected chi connectivity index (χ2v) is 42.6. The Morgan fingerprint density at radius 2 is 0.369 bits per heavy atom. The molecule has 48 nitrogen and oxygen atoms in total. The zero-order chi connectivity index (χ0) is 106. The van der Waals surface area contributed by atoms with Gasteiger partial charge in [-0.05, 0) is 55.4 Å². The molecule has 0 aromatic rings. The van der Waals surface area contributed by atoms with Crippen molar-refractivity contribution in [1.29, 1.82) is 0 Å². The number of aliphatic hydroxyl groups is 22. The summed E-state index contributed by atoms with van der Waals surface area (Å²) in [5.74, 6) is -0.300. The number of epoxide rings is 7. The molecular formula is C88H174O48S5. The van der Waals surface area contributed by atoms with Gasteiger partial charge in [0.2, 0.25) is 0 Å². The number of ether oxygens (including phenoxy) is 26. The second-order valence-electron chi connectivity index (χ2n) is 37.1. The highest BCUT2D eigenvalue weighted by molar-refractivity contribution is 8.00. The molecule has 0 radical (unpaired) electrons. The van der Waals surface area contributed by atoms with Gasteiger partial charge < -0.3 is 236 Å². The molecule has 0 aliphatic carbocycles. The van der Waals surface area contributed by atoms with Crippen molar-refractivity contribution in [1.82, 2.24) is 0 Å². The molecule has 7 saturated heterocycles. The molecule has 0 saturated carbocycles. The SMILES string of the molecule is CC(COCC1CO1)(COCC1CO1)COCC1CO1.C[C@H](O)[C@@H](C)O.C[C@H](O)[C@@H](C)O.C[C@H](OCC(O)OCC(C)(COC(O)CSC(O)CO)COC(O)CSC(O)CO)[C@@H](C)OCC(O)OCC(C)(COC(O)CSC(O)CO)COC(O)CSC(O)CO.C[C@H](OCC(O)OCC(C)(COCC1CO1)COCC1CO1)[C@@H](C)OCC(O)OCC(C)(COCC1CO1)COCC1CO1.OCC(O)S. The number of aliphatic hydroxyl groups excluding tert-OH is 22. The van der Waals surface area contributed by atoms with Crippen LogP contribution in [0.3, 0.4) is 0 Å². The van der Waals surface area contributed by atoms with Crippen molar-refractivity contribution in [2.45, 2.75) is 259 Å². The van der Waals surface area contributed by atoms with E-state index in [1.165, 1.54) is 0 Å². The Morgan fingerprint density at radius 3 is 0.496 bits per heavy atom. The molecule has 0 spiro atoms. The molecule has 22 N–H and O–H groups in total. The van der Waals surface area contributed by atoms with Crippen LogP contribution in [0.15, 0.2) is 0 Å². The fraction of sp³-hybridized carbons (Fsp3) is 1.00. The first kappa shape index (κ1) is 137. The van der Waals surface area contributed by atoms with E-state index in [2.05, 4.69) is 19.6 Å². The van der Waals surface area contributed by atoms with Crippen LogP contribution < -0.4 is 0 Å². The lowest BCUT2D eigenvalue weighted by atomic mass is 9.94. The van der Waals surface area contributed by atoms with Gasteiger partial charge in [-0.3, -0.25) is 0 Å². The standard InChI is InChI=1S/C34H70O22S4.C30H54O14.C14H24O6.2C4H10O2.C2H6O2S/c1-21(49-9-23(39)51-15-33(3,17-53-25(41)11-57-29(45)5-35)18-54-26(42)12-58-30(46)6-36)22(2)50-10-24(40)52-16-34(4,19-55-27(43)13-59-31(47)7-37)20-56-28(44)14-60-32(48)8-38;1-21(37-13-27(31)43-19-29(3,15-33-5-23-9-39-23)16-34-6-24-10-40-24)22(2)38-14-28(32)44-20-30(4,17-35-7-25-11-41-25)18-36-8-26-12-42-26;1-14(8-15-2-11-5-18-11,9-16-3-12-6-19-12)10-17-4-13-7-20-13;2*1-3(5)4(2)6;3-1-2(4)5/h21-32,35-48H,5-20H2,1-4H3;21-28,31-32H,5-20H2,1-4H3;11-13H,2-10H2,1H3;2*3-6H,1-2H3;2-5H,1H2/t21-,22+,23?,24?,25?,26?,27?,28?,29?,30?,31?,32?,33?,34?;21-,22+,23?,24?,25?,26?,27?,28?,29?,30?;;2*3-,4+;.